The second-order valence-corrected chi connectivity index (χ2v) is 5.72. The molecule has 0 aliphatic heterocycles. The first-order valence-electron chi connectivity index (χ1n) is 8.03. The molecule has 0 heterocycles. The minimum Gasteiger partial charge on any atom is -0.293 e. The van der Waals surface area contributed by atoms with Gasteiger partial charge in [-0.25, -0.2) is 0 Å². The zero-order valence-electron chi connectivity index (χ0n) is 13.1. The number of carbonyl (C=O) groups excluding carboxylic acids is 1. The van der Waals surface area contributed by atoms with Crippen molar-refractivity contribution in [1.82, 2.24) is 0 Å². The van der Waals surface area contributed by atoms with Crippen LogP contribution < -0.4 is 0 Å². The topological polar surface area (TPSA) is 17.1 Å². The molecule has 0 saturated carbocycles. The minimum absolute atomic E-state index is 0.0983. The van der Waals surface area contributed by atoms with Crippen molar-refractivity contribution >= 4 is 5.78 Å². The summed E-state index contributed by atoms with van der Waals surface area (Å²) in [6.45, 7) is 0. The van der Waals surface area contributed by atoms with E-state index in [0.29, 0.717) is 0 Å². The van der Waals surface area contributed by atoms with Crippen LogP contribution in [0.3, 0.4) is 0 Å². The number of hydrogen-bond acceptors (Lipinski definition) is 1. The first kappa shape index (κ1) is 15.2. The van der Waals surface area contributed by atoms with Gasteiger partial charge in [0.25, 0.3) is 0 Å². The average molecular weight is 300 g/mol. The van der Waals surface area contributed by atoms with Gasteiger partial charge in [0.2, 0.25) is 0 Å². The van der Waals surface area contributed by atoms with E-state index in [9.17, 15) is 4.79 Å². The largest absolute Gasteiger partial charge is 0.293 e. The molecule has 0 aromatic heterocycles. The quantitative estimate of drug-likeness (QED) is 0.566. The van der Waals surface area contributed by atoms with Gasteiger partial charge in [0.15, 0.2) is 5.78 Å². The standard InChI is InChI=1S/C22H20O/c23-22(20-14-8-3-9-15-20)21(19-12-6-2-7-13-19)17-16-18-10-4-1-5-11-18/h1-15,21H,16-17H2. The van der Waals surface area contributed by atoms with Crippen molar-refractivity contribution in [2.45, 2.75) is 18.8 Å². The molecule has 23 heavy (non-hydrogen) atoms. The lowest BCUT2D eigenvalue weighted by Crippen LogP contribution is -2.14. The molecule has 0 fully saturated rings. The molecular formula is C22H20O. The van der Waals surface area contributed by atoms with Crippen molar-refractivity contribution in [3.05, 3.63) is 108 Å². The van der Waals surface area contributed by atoms with E-state index in [2.05, 4.69) is 24.3 Å². The zero-order valence-corrected chi connectivity index (χ0v) is 13.1. The summed E-state index contributed by atoms with van der Waals surface area (Å²) in [6.07, 6.45) is 1.72. The van der Waals surface area contributed by atoms with Gasteiger partial charge in [-0.2, -0.15) is 0 Å². The van der Waals surface area contributed by atoms with E-state index in [1.54, 1.807) is 0 Å². The molecule has 1 heteroatoms. The van der Waals surface area contributed by atoms with E-state index in [-0.39, 0.29) is 11.7 Å². The van der Waals surface area contributed by atoms with Gasteiger partial charge in [-0.05, 0) is 24.0 Å². The van der Waals surface area contributed by atoms with Gasteiger partial charge in [0.1, 0.15) is 0 Å². The number of hydrogen-bond donors (Lipinski definition) is 0. The number of benzene rings is 3. The summed E-state index contributed by atoms with van der Waals surface area (Å²) in [6, 6.07) is 30.1. The van der Waals surface area contributed by atoms with Crippen LogP contribution in [0.1, 0.15) is 33.8 Å². The van der Waals surface area contributed by atoms with Crippen LogP contribution >= 0.6 is 0 Å². The number of ketones is 1. The molecule has 3 aromatic rings. The Morgan fingerprint density at radius 2 is 1.22 bits per heavy atom. The first-order valence-corrected chi connectivity index (χ1v) is 8.03. The van der Waals surface area contributed by atoms with E-state index < -0.39 is 0 Å². The van der Waals surface area contributed by atoms with Gasteiger partial charge in [0, 0.05) is 11.5 Å². The molecule has 0 amide bonds. The molecule has 1 unspecified atom stereocenters. The van der Waals surface area contributed by atoms with Crippen LogP contribution in [0.15, 0.2) is 91.0 Å². The van der Waals surface area contributed by atoms with E-state index in [0.717, 1.165) is 24.0 Å². The second-order valence-electron chi connectivity index (χ2n) is 5.72. The molecule has 0 radical (unpaired) electrons. The van der Waals surface area contributed by atoms with Crippen LogP contribution in [-0.4, -0.2) is 5.78 Å². The Hall–Kier alpha value is -2.67. The van der Waals surface area contributed by atoms with Gasteiger partial charge in [-0.3, -0.25) is 4.79 Å². The normalized spacial score (nSPS) is 11.8. The van der Waals surface area contributed by atoms with Gasteiger partial charge >= 0.3 is 0 Å². The highest BCUT2D eigenvalue weighted by Gasteiger charge is 2.21. The number of Topliss-reactive ketones (excluding diaryl/α,β-unsaturated/α-hetero) is 1. The van der Waals surface area contributed by atoms with Crippen molar-refractivity contribution in [3.63, 3.8) is 0 Å². The molecule has 114 valence electrons. The van der Waals surface area contributed by atoms with Gasteiger partial charge in [-0.15, -0.1) is 0 Å². The number of carbonyl (C=O) groups is 1. The van der Waals surface area contributed by atoms with Crippen molar-refractivity contribution in [2.24, 2.45) is 0 Å². The lowest BCUT2D eigenvalue weighted by Gasteiger charge is -2.16. The highest BCUT2D eigenvalue weighted by molar-refractivity contribution is 6.00. The van der Waals surface area contributed by atoms with Crippen molar-refractivity contribution < 1.29 is 4.79 Å². The zero-order chi connectivity index (χ0) is 15.9. The highest BCUT2D eigenvalue weighted by Crippen LogP contribution is 2.26. The van der Waals surface area contributed by atoms with E-state index >= 15 is 0 Å². The molecule has 3 aromatic carbocycles. The maximum Gasteiger partial charge on any atom is 0.170 e. The Bertz CT molecular complexity index is 733. The summed E-state index contributed by atoms with van der Waals surface area (Å²) in [7, 11) is 0. The molecule has 0 aliphatic carbocycles. The van der Waals surface area contributed by atoms with Gasteiger partial charge in [-0.1, -0.05) is 91.0 Å². The van der Waals surface area contributed by atoms with Crippen molar-refractivity contribution in [2.75, 3.05) is 0 Å². The molecule has 1 atom stereocenters. The monoisotopic (exact) mass is 300 g/mol. The summed E-state index contributed by atoms with van der Waals surface area (Å²) in [4.78, 5) is 13.0. The Kier molecular flexibility index (Phi) is 5.00. The van der Waals surface area contributed by atoms with Crippen LogP contribution in [0.4, 0.5) is 0 Å². The molecule has 0 aliphatic rings. The maximum atomic E-state index is 13.0. The lowest BCUT2D eigenvalue weighted by molar-refractivity contribution is 0.0955. The molecule has 0 bridgehead atoms. The summed E-state index contributed by atoms with van der Waals surface area (Å²) in [5, 5.41) is 0. The summed E-state index contributed by atoms with van der Waals surface area (Å²) >= 11 is 0. The van der Waals surface area contributed by atoms with Crippen LogP contribution in [0.25, 0.3) is 0 Å². The van der Waals surface area contributed by atoms with Gasteiger partial charge in [0.05, 0.1) is 0 Å². The summed E-state index contributed by atoms with van der Waals surface area (Å²) in [5.74, 6) is 0.103. The third-order valence-electron chi connectivity index (χ3n) is 4.14. The molecule has 0 N–H and O–H groups in total. The van der Waals surface area contributed by atoms with Crippen LogP contribution in [0, 0.1) is 0 Å². The smallest absolute Gasteiger partial charge is 0.170 e. The predicted octanol–water partition coefficient (Wildman–Crippen LogP) is 5.29. The minimum atomic E-state index is -0.0983. The Labute approximate surface area is 137 Å². The SMILES string of the molecule is O=C(c1ccccc1)C(CCc1ccccc1)c1ccccc1. The third-order valence-corrected chi connectivity index (χ3v) is 4.14. The third kappa shape index (κ3) is 3.95. The fraction of sp³-hybridized carbons (Fsp3) is 0.136. The van der Waals surface area contributed by atoms with E-state index in [1.165, 1.54) is 5.56 Å². The van der Waals surface area contributed by atoms with E-state index in [1.807, 2.05) is 66.7 Å². The second kappa shape index (κ2) is 7.55. The summed E-state index contributed by atoms with van der Waals surface area (Å²) < 4.78 is 0. The number of rotatable bonds is 6. The Balaban J connectivity index is 1.84. The maximum absolute atomic E-state index is 13.0. The fourth-order valence-corrected chi connectivity index (χ4v) is 2.89. The van der Waals surface area contributed by atoms with Crippen molar-refractivity contribution in [3.8, 4) is 0 Å². The fourth-order valence-electron chi connectivity index (χ4n) is 2.89. The molecule has 0 spiro atoms. The highest BCUT2D eigenvalue weighted by atomic mass is 16.1. The first-order chi connectivity index (χ1) is 11.3. The predicted molar refractivity (Wildman–Crippen MR) is 94.7 cm³/mol. The Morgan fingerprint density at radius 3 is 1.83 bits per heavy atom. The van der Waals surface area contributed by atoms with Crippen molar-refractivity contribution in [1.29, 1.82) is 0 Å². The van der Waals surface area contributed by atoms with Crippen LogP contribution in [-0.2, 0) is 6.42 Å². The molecule has 0 saturated heterocycles. The molecule has 3 rings (SSSR count). The Morgan fingerprint density at radius 1 is 0.696 bits per heavy atom. The molecular weight excluding hydrogens is 280 g/mol. The molecule has 1 nitrogen and oxygen atoms in total. The van der Waals surface area contributed by atoms with Crippen LogP contribution in [0.2, 0.25) is 0 Å². The lowest BCUT2D eigenvalue weighted by atomic mass is 9.86. The van der Waals surface area contributed by atoms with Crippen LogP contribution in [0.5, 0.6) is 0 Å². The number of aryl methyl sites for hydroxylation is 1. The average Bonchev–Trinajstić information content (AvgIpc) is 2.64. The van der Waals surface area contributed by atoms with E-state index in [4.69, 9.17) is 0 Å². The van der Waals surface area contributed by atoms with Gasteiger partial charge < -0.3 is 0 Å². The summed E-state index contributed by atoms with van der Waals surface area (Å²) in [5.41, 5.74) is 3.15.